The van der Waals surface area contributed by atoms with E-state index in [9.17, 15) is 4.79 Å². The number of carbonyl (C=O) groups is 1. The third kappa shape index (κ3) is 3.64. The van der Waals surface area contributed by atoms with E-state index >= 15 is 0 Å². The first-order chi connectivity index (χ1) is 9.61. The van der Waals surface area contributed by atoms with Gasteiger partial charge in [-0.15, -0.1) is 0 Å². The van der Waals surface area contributed by atoms with Gasteiger partial charge in [0.15, 0.2) is 0 Å². The van der Waals surface area contributed by atoms with E-state index in [1.54, 1.807) is 0 Å². The summed E-state index contributed by atoms with van der Waals surface area (Å²) in [5.41, 5.74) is 2.11. The summed E-state index contributed by atoms with van der Waals surface area (Å²) in [5, 5.41) is 6.99. The van der Waals surface area contributed by atoms with Crippen LogP contribution < -0.4 is 15.5 Å². The number of anilines is 1. The van der Waals surface area contributed by atoms with Crippen molar-refractivity contribution in [3.8, 4) is 0 Å². The Morgan fingerprint density at radius 1 is 1.50 bits per heavy atom. The summed E-state index contributed by atoms with van der Waals surface area (Å²) in [6.07, 6.45) is 0.957. The fourth-order valence-electron chi connectivity index (χ4n) is 2.51. The van der Waals surface area contributed by atoms with Crippen LogP contribution in [0, 0.1) is 0 Å². The normalized spacial score (nSPS) is 17.6. The molecular formula is C15H22ClN3O. The van der Waals surface area contributed by atoms with Crippen molar-refractivity contribution < 1.29 is 4.79 Å². The van der Waals surface area contributed by atoms with Gasteiger partial charge in [-0.2, -0.15) is 0 Å². The molecule has 110 valence electrons. The zero-order valence-electron chi connectivity index (χ0n) is 12.1. The topological polar surface area (TPSA) is 44.4 Å². The summed E-state index contributed by atoms with van der Waals surface area (Å²) in [4.78, 5) is 13.7. The van der Waals surface area contributed by atoms with Gasteiger partial charge in [-0.25, -0.2) is 0 Å². The average Bonchev–Trinajstić information content (AvgIpc) is 2.63. The highest BCUT2D eigenvalue weighted by Crippen LogP contribution is 2.28. The molecule has 0 bridgehead atoms. The van der Waals surface area contributed by atoms with Gasteiger partial charge < -0.3 is 15.5 Å². The van der Waals surface area contributed by atoms with Crippen LogP contribution in [-0.4, -0.2) is 32.1 Å². The minimum Gasteiger partial charge on any atom is -0.362 e. The van der Waals surface area contributed by atoms with E-state index in [0.717, 1.165) is 42.3 Å². The van der Waals surface area contributed by atoms with E-state index in [1.807, 2.05) is 18.2 Å². The summed E-state index contributed by atoms with van der Waals surface area (Å²) >= 11 is 6.39. The summed E-state index contributed by atoms with van der Waals surface area (Å²) in [5.74, 6) is 0.0729. The minimum atomic E-state index is 0.0729. The fourth-order valence-corrected chi connectivity index (χ4v) is 2.84. The second kappa shape index (κ2) is 6.95. The molecule has 1 saturated heterocycles. The van der Waals surface area contributed by atoms with E-state index in [0.29, 0.717) is 6.54 Å². The average molecular weight is 296 g/mol. The Balaban J connectivity index is 2.17. The van der Waals surface area contributed by atoms with Crippen molar-refractivity contribution in [3.05, 3.63) is 28.8 Å². The number of nitrogens with one attached hydrogen (secondary N) is 2. The van der Waals surface area contributed by atoms with E-state index < -0.39 is 0 Å². The van der Waals surface area contributed by atoms with Crippen molar-refractivity contribution >= 4 is 23.2 Å². The van der Waals surface area contributed by atoms with Gasteiger partial charge >= 0.3 is 0 Å². The second-order valence-corrected chi connectivity index (χ2v) is 5.52. The van der Waals surface area contributed by atoms with Gasteiger partial charge in [0.2, 0.25) is 5.91 Å². The molecule has 4 nitrogen and oxygen atoms in total. The maximum Gasteiger partial charge on any atom is 0.239 e. The number of nitrogens with zero attached hydrogens (tertiary/aromatic N) is 1. The first kappa shape index (κ1) is 15.1. The molecule has 1 amide bonds. The van der Waals surface area contributed by atoms with Crippen molar-refractivity contribution in [2.45, 2.75) is 26.3 Å². The molecule has 1 aromatic rings. The Kier molecular flexibility index (Phi) is 5.26. The predicted octanol–water partition coefficient (Wildman–Crippen LogP) is 2.34. The highest BCUT2D eigenvalue weighted by molar-refractivity contribution is 6.31. The van der Waals surface area contributed by atoms with Crippen molar-refractivity contribution in [1.29, 1.82) is 0 Å². The summed E-state index contributed by atoms with van der Waals surface area (Å²) in [7, 11) is 0. The van der Waals surface area contributed by atoms with Gasteiger partial charge in [0.05, 0.1) is 6.54 Å². The Bertz CT molecular complexity index is 478. The molecule has 1 aromatic carbocycles. The second-order valence-electron chi connectivity index (χ2n) is 5.11. The molecule has 2 N–H and O–H groups in total. The van der Waals surface area contributed by atoms with Gasteiger partial charge in [-0.3, -0.25) is 4.79 Å². The van der Waals surface area contributed by atoms with E-state index in [1.165, 1.54) is 0 Å². The molecule has 0 aliphatic carbocycles. The van der Waals surface area contributed by atoms with E-state index in [4.69, 9.17) is 11.6 Å². The number of carbonyl (C=O) groups excluding carboxylic acids is 1. The summed E-state index contributed by atoms with van der Waals surface area (Å²) in [6, 6.07) is 6.29. The van der Waals surface area contributed by atoms with Crippen LogP contribution in [0.25, 0.3) is 0 Å². The highest BCUT2D eigenvalue weighted by Gasteiger charge is 2.17. The molecule has 20 heavy (non-hydrogen) atoms. The van der Waals surface area contributed by atoms with E-state index in [2.05, 4.69) is 29.4 Å². The van der Waals surface area contributed by atoms with Gasteiger partial charge in [-0.1, -0.05) is 24.6 Å². The minimum absolute atomic E-state index is 0.0729. The molecule has 0 radical (unpaired) electrons. The van der Waals surface area contributed by atoms with Crippen molar-refractivity contribution in [2.24, 2.45) is 0 Å². The maximum absolute atomic E-state index is 11.6. The Morgan fingerprint density at radius 2 is 2.30 bits per heavy atom. The lowest BCUT2D eigenvalue weighted by Gasteiger charge is -2.23. The van der Waals surface area contributed by atoms with Crippen LogP contribution in [0.1, 0.15) is 31.9 Å². The summed E-state index contributed by atoms with van der Waals surface area (Å²) < 4.78 is 0. The molecular weight excluding hydrogens is 274 g/mol. The van der Waals surface area contributed by atoms with Gasteiger partial charge in [0.25, 0.3) is 0 Å². The van der Waals surface area contributed by atoms with Crippen LogP contribution in [0.15, 0.2) is 18.2 Å². The first-order valence-corrected chi connectivity index (χ1v) is 7.54. The predicted molar refractivity (Wildman–Crippen MR) is 83.4 cm³/mol. The van der Waals surface area contributed by atoms with Gasteiger partial charge in [0.1, 0.15) is 0 Å². The standard InChI is InChI=1S/C15H22ClN3O/c1-3-17-11(2)13-6-5-12(9-14(13)16)19-8-4-7-18-15(20)10-19/h5-6,9,11,17H,3-4,7-8,10H2,1-2H3,(H,18,20). The van der Waals surface area contributed by atoms with Gasteiger partial charge in [0, 0.05) is 29.8 Å². The maximum atomic E-state index is 11.6. The van der Waals surface area contributed by atoms with Crippen LogP contribution in [0.5, 0.6) is 0 Å². The Morgan fingerprint density at radius 3 is 3.00 bits per heavy atom. The number of benzene rings is 1. The zero-order valence-corrected chi connectivity index (χ0v) is 12.8. The Labute approximate surface area is 125 Å². The molecule has 1 heterocycles. The molecule has 1 fully saturated rings. The highest BCUT2D eigenvalue weighted by atomic mass is 35.5. The van der Waals surface area contributed by atoms with Crippen LogP contribution in [0.2, 0.25) is 5.02 Å². The van der Waals surface area contributed by atoms with Gasteiger partial charge in [-0.05, 0) is 37.6 Å². The Hall–Kier alpha value is -1.26. The lowest BCUT2D eigenvalue weighted by atomic mass is 10.1. The first-order valence-electron chi connectivity index (χ1n) is 7.16. The molecule has 0 saturated carbocycles. The number of halogens is 1. The molecule has 1 aliphatic rings. The molecule has 1 aliphatic heterocycles. The molecule has 1 atom stereocenters. The van der Waals surface area contributed by atoms with Crippen LogP contribution in [0.3, 0.4) is 0 Å². The third-order valence-corrected chi connectivity index (χ3v) is 3.91. The number of rotatable bonds is 4. The van der Waals surface area contributed by atoms with Crippen molar-refractivity contribution in [3.63, 3.8) is 0 Å². The van der Waals surface area contributed by atoms with Crippen LogP contribution in [-0.2, 0) is 4.79 Å². The molecule has 5 heteroatoms. The molecule has 2 rings (SSSR count). The molecule has 1 unspecified atom stereocenters. The third-order valence-electron chi connectivity index (χ3n) is 3.59. The number of hydrogen-bond donors (Lipinski definition) is 2. The lowest BCUT2D eigenvalue weighted by Crippen LogP contribution is -2.33. The van der Waals surface area contributed by atoms with Crippen molar-refractivity contribution in [2.75, 3.05) is 31.1 Å². The smallest absolute Gasteiger partial charge is 0.239 e. The van der Waals surface area contributed by atoms with Crippen LogP contribution >= 0.6 is 11.6 Å². The SMILES string of the molecule is CCNC(C)c1ccc(N2CCCNC(=O)C2)cc1Cl. The quantitative estimate of drug-likeness (QED) is 0.896. The van der Waals surface area contributed by atoms with Crippen LogP contribution in [0.4, 0.5) is 5.69 Å². The fraction of sp³-hybridized carbons (Fsp3) is 0.533. The molecule has 0 aromatic heterocycles. The monoisotopic (exact) mass is 295 g/mol. The molecule has 0 spiro atoms. The lowest BCUT2D eigenvalue weighted by molar-refractivity contribution is -0.119. The number of amides is 1. The number of hydrogen-bond acceptors (Lipinski definition) is 3. The zero-order chi connectivity index (χ0) is 14.5. The largest absolute Gasteiger partial charge is 0.362 e. The van der Waals surface area contributed by atoms with Crippen molar-refractivity contribution in [1.82, 2.24) is 10.6 Å². The summed E-state index contributed by atoms with van der Waals surface area (Å²) in [6.45, 7) is 7.11. The van der Waals surface area contributed by atoms with E-state index in [-0.39, 0.29) is 11.9 Å².